The maximum Gasteiger partial charge on any atom is 0.239 e. The third-order valence-electron chi connectivity index (χ3n) is 2.94. The minimum absolute atomic E-state index is 0. The van der Waals surface area contributed by atoms with Crippen molar-refractivity contribution >= 4 is 24.2 Å². The molecule has 0 saturated carbocycles. The van der Waals surface area contributed by atoms with Crippen molar-refractivity contribution in [1.29, 1.82) is 0 Å². The van der Waals surface area contributed by atoms with Crippen molar-refractivity contribution in [2.45, 2.75) is 26.3 Å². The van der Waals surface area contributed by atoms with Gasteiger partial charge in [-0.15, -0.1) is 12.4 Å². The zero-order valence-corrected chi connectivity index (χ0v) is 13.4. The molecule has 1 atom stereocenters. The first kappa shape index (κ1) is 19.4. The highest BCUT2D eigenvalue weighted by Crippen LogP contribution is 1.97. The molecule has 0 bridgehead atoms. The Hall–Kier alpha value is -1.60. The Balaban J connectivity index is 0.00000400. The molecule has 21 heavy (non-hydrogen) atoms. The molecule has 7 nitrogen and oxygen atoms in total. The van der Waals surface area contributed by atoms with E-state index in [9.17, 15) is 9.59 Å². The van der Waals surface area contributed by atoms with Crippen molar-refractivity contribution in [1.82, 2.24) is 20.4 Å². The summed E-state index contributed by atoms with van der Waals surface area (Å²) in [7, 11) is 1.84. The molecule has 4 N–H and O–H groups in total. The third-order valence-corrected chi connectivity index (χ3v) is 2.94. The lowest BCUT2D eigenvalue weighted by Gasteiger charge is -2.15. The second-order valence-electron chi connectivity index (χ2n) is 5.11. The van der Waals surface area contributed by atoms with Gasteiger partial charge in [-0.3, -0.25) is 14.3 Å². The predicted molar refractivity (Wildman–Crippen MR) is 83.0 cm³/mol. The van der Waals surface area contributed by atoms with Crippen LogP contribution in [0.15, 0.2) is 12.4 Å². The highest BCUT2D eigenvalue weighted by Gasteiger charge is 2.17. The van der Waals surface area contributed by atoms with E-state index in [-0.39, 0.29) is 36.7 Å². The molecule has 2 amide bonds. The topological polar surface area (TPSA) is 102 Å². The Morgan fingerprint density at radius 3 is 2.57 bits per heavy atom. The molecule has 0 radical (unpaired) electrons. The molecular formula is C13H24ClN5O2. The summed E-state index contributed by atoms with van der Waals surface area (Å²) in [5, 5.41) is 9.30. The van der Waals surface area contributed by atoms with E-state index in [4.69, 9.17) is 5.73 Å². The Kier molecular flexibility index (Phi) is 8.64. The van der Waals surface area contributed by atoms with E-state index in [0.717, 1.165) is 5.56 Å². The molecule has 0 aliphatic rings. The predicted octanol–water partition coefficient (Wildman–Crippen LogP) is -0.400. The standard InChI is InChI=1S/C13H23N5O2.ClH/c1-9(2)12(14)13(20)16-7-11(19)15-5-4-10-6-17-18(3)8-10;/h6,8-9,12H,4-5,7,14H2,1-3H3,(H,15,19)(H,16,20);1H/t12-;/m0./s1. The van der Waals surface area contributed by atoms with Gasteiger partial charge in [0.15, 0.2) is 0 Å². The van der Waals surface area contributed by atoms with Gasteiger partial charge in [0.1, 0.15) is 0 Å². The van der Waals surface area contributed by atoms with Crippen molar-refractivity contribution in [2.24, 2.45) is 18.7 Å². The molecule has 0 aliphatic carbocycles. The van der Waals surface area contributed by atoms with Gasteiger partial charge in [0.2, 0.25) is 11.8 Å². The van der Waals surface area contributed by atoms with E-state index in [1.807, 2.05) is 27.1 Å². The zero-order valence-electron chi connectivity index (χ0n) is 12.6. The summed E-state index contributed by atoms with van der Waals surface area (Å²) in [5.41, 5.74) is 6.73. The van der Waals surface area contributed by atoms with Crippen LogP contribution in [0.4, 0.5) is 0 Å². The number of halogens is 1. The minimum Gasteiger partial charge on any atom is -0.354 e. The van der Waals surface area contributed by atoms with E-state index in [0.29, 0.717) is 13.0 Å². The number of aryl methyl sites for hydroxylation is 1. The monoisotopic (exact) mass is 317 g/mol. The number of hydrogen-bond donors (Lipinski definition) is 3. The molecular weight excluding hydrogens is 294 g/mol. The highest BCUT2D eigenvalue weighted by molar-refractivity contribution is 5.87. The van der Waals surface area contributed by atoms with Crippen LogP contribution in [-0.2, 0) is 23.1 Å². The molecule has 0 spiro atoms. The van der Waals surface area contributed by atoms with E-state index >= 15 is 0 Å². The van der Waals surface area contributed by atoms with Crippen LogP contribution in [0.3, 0.4) is 0 Å². The molecule has 0 saturated heterocycles. The number of nitrogens with two attached hydrogens (primary N) is 1. The summed E-state index contributed by atoms with van der Waals surface area (Å²) in [4.78, 5) is 23.1. The number of carbonyl (C=O) groups is 2. The van der Waals surface area contributed by atoms with Crippen LogP contribution in [0.25, 0.3) is 0 Å². The number of nitrogens with one attached hydrogen (secondary N) is 2. The second-order valence-corrected chi connectivity index (χ2v) is 5.11. The number of aromatic nitrogens is 2. The molecule has 1 aromatic heterocycles. The quantitative estimate of drug-likeness (QED) is 0.637. The normalized spacial score (nSPS) is 11.7. The number of amides is 2. The Morgan fingerprint density at radius 1 is 1.38 bits per heavy atom. The SMILES string of the molecule is CC(C)[C@H](N)C(=O)NCC(=O)NCCc1cnn(C)c1.Cl. The average molecular weight is 318 g/mol. The molecule has 8 heteroatoms. The summed E-state index contributed by atoms with van der Waals surface area (Å²) in [5.74, 6) is -0.482. The average Bonchev–Trinajstić information content (AvgIpc) is 2.80. The first-order valence-electron chi connectivity index (χ1n) is 6.67. The third kappa shape index (κ3) is 7.10. The van der Waals surface area contributed by atoms with Crippen molar-refractivity contribution in [3.8, 4) is 0 Å². The fraction of sp³-hybridized carbons (Fsp3) is 0.615. The lowest BCUT2D eigenvalue weighted by atomic mass is 10.1. The summed E-state index contributed by atoms with van der Waals surface area (Å²) in [6, 6.07) is -0.585. The van der Waals surface area contributed by atoms with Gasteiger partial charge >= 0.3 is 0 Å². The van der Waals surface area contributed by atoms with Crippen molar-refractivity contribution in [3.05, 3.63) is 18.0 Å². The van der Waals surface area contributed by atoms with Crippen LogP contribution >= 0.6 is 12.4 Å². The molecule has 0 fully saturated rings. The lowest BCUT2D eigenvalue weighted by molar-refractivity contribution is -0.127. The Bertz CT molecular complexity index is 461. The maximum atomic E-state index is 11.6. The summed E-state index contributed by atoms with van der Waals surface area (Å²) in [6.07, 6.45) is 4.37. The molecule has 120 valence electrons. The van der Waals surface area contributed by atoms with Gasteiger partial charge in [-0.25, -0.2) is 0 Å². The molecule has 1 heterocycles. The summed E-state index contributed by atoms with van der Waals surface area (Å²) >= 11 is 0. The van der Waals surface area contributed by atoms with Crippen LogP contribution in [0, 0.1) is 5.92 Å². The van der Waals surface area contributed by atoms with Crippen LogP contribution < -0.4 is 16.4 Å². The zero-order chi connectivity index (χ0) is 15.1. The van der Waals surface area contributed by atoms with Crippen molar-refractivity contribution in [3.63, 3.8) is 0 Å². The van der Waals surface area contributed by atoms with E-state index in [2.05, 4.69) is 15.7 Å². The van der Waals surface area contributed by atoms with Gasteiger partial charge in [0, 0.05) is 19.8 Å². The minimum atomic E-state index is -0.585. The first-order chi connectivity index (χ1) is 9.40. The van der Waals surface area contributed by atoms with Gasteiger partial charge in [-0.05, 0) is 17.9 Å². The number of rotatable bonds is 7. The number of carbonyl (C=O) groups excluding carboxylic acids is 2. The number of nitrogens with zero attached hydrogens (tertiary/aromatic N) is 2. The maximum absolute atomic E-state index is 11.6. The van der Waals surface area contributed by atoms with Gasteiger partial charge in [0.25, 0.3) is 0 Å². The van der Waals surface area contributed by atoms with Gasteiger partial charge < -0.3 is 16.4 Å². The molecule has 0 aromatic carbocycles. The van der Waals surface area contributed by atoms with Crippen LogP contribution in [0.2, 0.25) is 0 Å². The highest BCUT2D eigenvalue weighted by atomic mass is 35.5. The molecule has 1 rings (SSSR count). The number of hydrogen-bond acceptors (Lipinski definition) is 4. The van der Waals surface area contributed by atoms with E-state index in [1.165, 1.54) is 0 Å². The van der Waals surface area contributed by atoms with Crippen LogP contribution in [-0.4, -0.2) is 40.7 Å². The van der Waals surface area contributed by atoms with Gasteiger partial charge in [-0.2, -0.15) is 5.10 Å². The van der Waals surface area contributed by atoms with E-state index in [1.54, 1.807) is 10.9 Å². The van der Waals surface area contributed by atoms with E-state index < -0.39 is 6.04 Å². The molecule has 0 unspecified atom stereocenters. The summed E-state index contributed by atoms with van der Waals surface area (Å²) < 4.78 is 1.71. The Morgan fingerprint density at radius 2 is 2.05 bits per heavy atom. The Labute approximate surface area is 131 Å². The second kappa shape index (κ2) is 9.36. The van der Waals surface area contributed by atoms with Gasteiger partial charge in [0.05, 0.1) is 18.8 Å². The largest absolute Gasteiger partial charge is 0.354 e. The fourth-order valence-electron chi connectivity index (χ4n) is 1.60. The fourth-order valence-corrected chi connectivity index (χ4v) is 1.60. The van der Waals surface area contributed by atoms with Crippen molar-refractivity contribution in [2.75, 3.05) is 13.1 Å². The molecule has 0 aliphatic heterocycles. The van der Waals surface area contributed by atoms with Crippen LogP contribution in [0.5, 0.6) is 0 Å². The smallest absolute Gasteiger partial charge is 0.239 e. The molecule has 1 aromatic rings. The summed E-state index contributed by atoms with van der Waals surface area (Å²) in [6.45, 7) is 4.18. The van der Waals surface area contributed by atoms with Crippen LogP contribution in [0.1, 0.15) is 19.4 Å². The van der Waals surface area contributed by atoms with Crippen molar-refractivity contribution < 1.29 is 9.59 Å². The lowest BCUT2D eigenvalue weighted by Crippen LogP contribution is -2.47. The van der Waals surface area contributed by atoms with Gasteiger partial charge in [-0.1, -0.05) is 13.8 Å². The first-order valence-corrected chi connectivity index (χ1v) is 6.67.